The molecule has 1 aliphatic carbocycles. The third kappa shape index (κ3) is 2.91. The summed E-state index contributed by atoms with van der Waals surface area (Å²) in [5, 5.41) is 0. The van der Waals surface area contributed by atoms with E-state index in [-0.39, 0.29) is 11.8 Å². The van der Waals surface area contributed by atoms with Crippen molar-refractivity contribution in [1.82, 2.24) is 24.4 Å². The molecule has 0 saturated heterocycles. The van der Waals surface area contributed by atoms with Gasteiger partial charge in [0.2, 0.25) is 0 Å². The molecule has 7 heteroatoms. The molecule has 3 heterocycles. The van der Waals surface area contributed by atoms with Crippen LogP contribution in [-0.2, 0) is 17.8 Å². The number of ether oxygens (including phenoxy) is 1. The third-order valence-electron chi connectivity index (χ3n) is 4.72. The van der Waals surface area contributed by atoms with Crippen molar-refractivity contribution in [1.29, 1.82) is 0 Å². The van der Waals surface area contributed by atoms with Crippen molar-refractivity contribution in [3.05, 3.63) is 42.0 Å². The maximum Gasteiger partial charge on any atom is 0.274 e. The van der Waals surface area contributed by atoms with Crippen LogP contribution in [0.3, 0.4) is 0 Å². The molecule has 1 fully saturated rings. The summed E-state index contributed by atoms with van der Waals surface area (Å²) in [6.07, 6.45) is 9.15. The number of carbonyl (C=O) groups is 1. The molecule has 0 bridgehead atoms. The molecule has 126 valence electrons. The predicted molar refractivity (Wildman–Crippen MR) is 86.3 cm³/mol. The van der Waals surface area contributed by atoms with Gasteiger partial charge in [0.1, 0.15) is 5.69 Å². The first-order valence-electron chi connectivity index (χ1n) is 8.34. The predicted octanol–water partition coefficient (Wildman–Crippen LogP) is 1.47. The summed E-state index contributed by atoms with van der Waals surface area (Å²) in [6.45, 7) is 2.74. The Bertz CT molecular complexity index is 726. The Hall–Kier alpha value is -2.28. The number of carbonyl (C=O) groups excluding carboxylic acids is 1. The van der Waals surface area contributed by atoms with Gasteiger partial charge >= 0.3 is 0 Å². The minimum Gasteiger partial charge on any atom is -0.384 e. The fourth-order valence-electron chi connectivity index (χ4n) is 3.41. The Balaban J connectivity index is 1.60. The van der Waals surface area contributed by atoms with E-state index >= 15 is 0 Å². The molecule has 0 N–H and O–H groups in total. The highest BCUT2D eigenvalue weighted by Gasteiger charge is 2.34. The number of nitrogens with zero attached hydrogens (tertiary/aromatic N) is 5. The second-order valence-corrected chi connectivity index (χ2v) is 6.60. The zero-order valence-corrected chi connectivity index (χ0v) is 13.8. The lowest BCUT2D eigenvalue weighted by molar-refractivity contribution is 0.0666. The van der Waals surface area contributed by atoms with Crippen molar-refractivity contribution in [3.63, 3.8) is 0 Å². The van der Waals surface area contributed by atoms with Crippen LogP contribution in [-0.4, -0.2) is 50.6 Å². The average molecular weight is 327 g/mol. The molecular weight excluding hydrogens is 306 g/mol. The monoisotopic (exact) mass is 327 g/mol. The van der Waals surface area contributed by atoms with Crippen molar-refractivity contribution < 1.29 is 9.53 Å². The number of aromatic nitrogens is 4. The van der Waals surface area contributed by atoms with Crippen LogP contribution in [0.25, 0.3) is 0 Å². The standard InChI is InChI=1S/C17H21N5O2/c1-24-10-13-8-21(17(23)14-6-18-4-5-19-14)9-15-16(13)22(11-20-15)7-12-2-3-12/h4-6,11-13H,2-3,7-10H2,1H3/t13-/m1/s1. The Morgan fingerprint density at radius 3 is 2.92 bits per heavy atom. The summed E-state index contributed by atoms with van der Waals surface area (Å²) in [5.74, 6) is 0.818. The van der Waals surface area contributed by atoms with Gasteiger partial charge in [0.25, 0.3) is 5.91 Å². The lowest BCUT2D eigenvalue weighted by Crippen LogP contribution is -2.40. The molecule has 0 radical (unpaired) electrons. The Morgan fingerprint density at radius 1 is 1.33 bits per heavy atom. The van der Waals surface area contributed by atoms with E-state index in [0.717, 1.165) is 18.2 Å². The Kier molecular flexibility index (Phi) is 4.02. The summed E-state index contributed by atoms with van der Waals surface area (Å²) in [4.78, 5) is 27.2. The molecular formula is C17H21N5O2. The smallest absolute Gasteiger partial charge is 0.274 e. The molecule has 2 aliphatic rings. The van der Waals surface area contributed by atoms with E-state index < -0.39 is 0 Å². The van der Waals surface area contributed by atoms with Crippen LogP contribution in [0.1, 0.15) is 40.6 Å². The molecule has 0 aromatic carbocycles. The molecule has 1 saturated carbocycles. The first-order valence-corrected chi connectivity index (χ1v) is 8.34. The molecule has 2 aromatic rings. The van der Waals surface area contributed by atoms with Crippen LogP contribution >= 0.6 is 0 Å². The largest absolute Gasteiger partial charge is 0.384 e. The Labute approximate surface area is 140 Å². The molecule has 1 amide bonds. The highest BCUT2D eigenvalue weighted by Crippen LogP contribution is 2.34. The highest BCUT2D eigenvalue weighted by atomic mass is 16.5. The SMILES string of the molecule is COC[C@H]1CN(C(=O)c2cnccn2)Cc2ncn(CC3CC3)c21. The maximum atomic E-state index is 12.7. The van der Waals surface area contributed by atoms with Gasteiger partial charge in [0, 0.05) is 44.2 Å². The topological polar surface area (TPSA) is 73.1 Å². The van der Waals surface area contributed by atoms with Crippen molar-refractivity contribution in [2.24, 2.45) is 5.92 Å². The first kappa shape index (κ1) is 15.3. The molecule has 2 aromatic heterocycles. The lowest BCUT2D eigenvalue weighted by atomic mass is 9.98. The molecule has 7 nitrogen and oxygen atoms in total. The van der Waals surface area contributed by atoms with Crippen LogP contribution in [0, 0.1) is 5.92 Å². The van der Waals surface area contributed by atoms with Crippen LogP contribution in [0.2, 0.25) is 0 Å². The van der Waals surface area contributed by atoms with E-state index in [0.29, 0.717) is 25.4 Å². The van der Waals surface area contributed by atoms with E-state index in [1.165, 1.54) is 24.7 Å². The first-order chi connectivity index (χ1) is 11.8. The van der Waals surface area contributed by atoms with Crippen molar-refractivity contribution in [2.45, 2.75) is 31.8 Å². The summed E-state index contributed by atoms with van der Waals surface area (Å²) in [7, 11) is 1.70. The Morgan fingerprint density at radius 2 is 2.21 bits per heavy atom. The molecule has 0 unspecified atom stereocenters. The molecule has 4 rings (SSSR count). The molecule has 1 aliphatic heterocycles. The maximum absolute atomic E-state index is 12.7. The zero-order chi connectivity index (χ0) is 16.5. The van der Waals surface area contributed by atoms with Crippen LogP contribution in [0.15, 0.2) is 24.9 Å². The van der Waals surface area contributed by atoms with E-state index in [4.69, 9.17) is 4.74 Å². The van der Waals surface area contributed by atoms with Gasteiger partial charge in [0.15, 0.2) is 0 Å². The van der Waals surface area contributed by atoms with Gasteiger partial charge in [-0.2, -0.15) is 0 Å². The van der Waals surface area contributed by atoms with E-state index in [2.05, 4.69) is 19.5 Å². The zero-order valence-electron chi connectivity index (χ0n) is 13.8. The van der Waals surface area contributed by atoms with Crippen molar-refractivity contribution in [3.8, 4) is 0 Å². The van der Waals surface area contributed by atoms with Crippen LogP contribution in [0.4, 0.5) is 0 Å². The second kappa shape index (κ2) is 6.32. The summed E-state index contributed by atoms with van der Waals surface area (Å²) >= 11 is 0. The van der Waals surface area contributed by atoms with Gasteiger partial charge in [-0.05, 0) is 18.8 Å². The minimum absolute atomic E-state index is 0.105. The summed E-state index contributed by atoms with van der Waals surface area (Å²) in [5.41, 5.74) is 2.57. The fourth-order valence-corrected chi connectivity index (χ4v) is 3.41. The van der Waals surface area contributed by atoms with Crippen molar-refractivity contribution in [2.75, 3.05) is 20.3 Å². The van der Waals surface area contributed by atoms with Gasteiger partial charge in [-0.3, -0.25) is 9.78 Å². The molecule has 1 atom stereocenters. The van der Waals surface area contributed by atoms with Gasteiger partial charge in [-0.15, -0.1) is 0 Å². The second-order valence-electron chi connectivity index (χ2n) is 6.60. The number of imidazole rings is 1. The van der Waals surface area contributed by atoms with E-state index in [9.17, 15) is 4.79 Å². The van der Waals surface area contributed by atoms with Crippen LogP contribution in [0.5, 0.6) is 0 Å². The average Bonchev–Trinajstić information content (AvgIpc) is 3.34. The van der Waals surface area contributed by atoms with Crippen molar-refractivity contribution >= 4 is 5.91 Å². The van der Waals surface area contributed by atoms with Gasteiger partial charge in [-0.1, -0.05) is 0 Å². The number of methoxy groups -OCH3 is 1. The number of hydrogen-bond acceptors (Lipinski definition) is 5. The minimum atomic E-state index is -0.105. The van der Waals surface area contributed by atoms with Crippen LogP contribution < -0.4 is 0 Å². The van der Waals surface area contributed by atoms with Gasteiger partial charge in [-0.25, -0.2) is 9.97 Å². The quantitative estimate of drug-likeness (QED) is 0.831. The van der Waals surface area contributed by atoms with Gasteiger partial charge in [0.05, 0.1) is 31.4 Å². The molecule has 24 heavy (non-hydrogen) atoms. The highest BCUT2D eigenvalue weighted by molar-refractivity contribution is 5.92. The number of hydrogen-bond donors (Lipinski definition) is 0. The third-order valence-corrected chi connectivity index (χ3v) is 4.72. The summed E-state index contributed by atoms with van der Waals surface area (Å²) in [6, 6.07) is 0. The summed E-state index contributed by atoms with van der Waals surface area (Å²) < 4.78 is 7.67. The van der Waals surface area contributed by atoms with E-state index in [1.54, 1.807) is 24.4 Å². The normalized spacial score (nSPS) is 20.0. The number of amides is 1. The molecule has 0 spiro atoms. The number of fused-ring (bicyclic) bond motifs is 1. The number of rotatable bonds is 5. The fraction of sp³-hybridized carbons (Fsp3) is 0.529. The van der Waals surface area contributed by atoms with Gasteiger partial charge < -0.3 is 14.2 Å². The van der Waals surface area contributed by atoms with E-state index in [1.807, 2.05) is 6.33 Å². The lowest BCUT2D eigenvalue weighted by Gasteiger charge is -2.32.